The zero-order valence-electron chi connectivity index (χ0n) is 29.5. The first kappa shape index (κ1) is 43.7. The molecule has 0 spiro atoms. The second-order valence-electron chi connectivity index (χ2n) is 13.4. The van der Waals surface area contributed by atoms with Gasteiger partial charge in [-0.1, -0.05) is 26.3 Å². The Balaban J connectivity index is 0.00000338. The number of hydrogen-bond acceptors (Lipinski definition) is 9. The number of imide groups is 1. The first-order valence-corrected chi connectivity index (χ1v) is 18.4. The monoisotopic (exact) mass is 774 g/mol. The van der Waals surface area contributed by atoms with Crippen LogP contribution in [0.25, 0.3) is 0 Å². The largest absolute Gasteiger partial charge is 1.00 e. The summed E-state index contributed by atoms with van der Waals surface area (Å²) in [5.41, 5.74) is 2.19. The van der Waals surface area contributed by atoms with Crippen molar-refractivity contribution in [2.24, 2.45) is 0 Å². The number of anilines is 1. The third-order valence-electron chi connectivity index (χ3n) is 9.53. The van der Waals surface area contributed by atoms with Crippen molar-refractivity contribution in [3.05, 3.63) is 71.5 Å². The van der Waals surface area contributed by atoms with Gasteiger partial charge in [-0.15, -0.1) is 0 Å². The fourth-order valence-corrected chi connectivity index (χ4v) is 7.87. The van der Waals surface area contributed by atoms with Gasteiger partial charge in [-0.2, -0.15) is 4.58 Å². The number of fused-ring (bicyclic) bond motifs is 2. The Kier molecular flexibility index (Phi) is 14.3. The average molecular weight is 775 g/mol. The molecule has 0 aliphatic carbocycles. The van der Waals surface area contributed by atoms with Gasteiger partial charge in [-0.25, -0.2) is 16.8 Å². The van der Waals surface area contributed by atoms with E-state index in [-0.39, 0.29) is 145 Å². The Morgan fingerprint density at radius 1 is 0.840 bits per heavy atom. The summed E-state index contributed by atoms with van der Waals surface area (Å²) in [4.78, 5) is 39.7. The van der Waals surface area contributed by atoms with Gasteiger partial charge in [0.25, 0.3) is 0 Å². The van der Waals surface area contributed by atoms with E-state index in [2.05, 4.69) is 0 Å². The topological polar surface area (TPSA) is 175 Å². The van der Waals surface area contributed by atoms with Crippen LogP contribution in [-0.4, -0.2) is 72.4 Å². The van der Waals surface area contributed by atoms with Gasteiger partial charge in [0.2, 0.25) is 23.4 Å². The Morgan fingerprint density at radius 3 is 1.98 bits per heavy atom. The van der Waals surface area contributed by atoms with Gasteiger partial charge >= 0.3 is 103 Å². The summed E-state index contributed by atoms with van der Waals surface area (Å²) in [7, 11) is -7.58. The molecule has 5 rings (SSSR count). The Bertz CT molecular complexity index is 2040. The van der Waals surface area contributed by atoms with E-state index in [0.29, 0.717) is 48.3 Å². The van der Waals surface area contributed by atoms with E-state index < -0.39 is 36.0 Å². The van der Waals surface area contributed by atoms with E-state index in [1.807, 2.05) is 45.4 Å². The number of carbonyl (C=O) groups excluding carboxylic acids is 3. The van der Waals surface area contributed by atoms with Crippen molar-refractivity contribution in [2.75, 3.05) is 18.5 Å². The number of likely N-dealkylation sites (tertiary alicyclic amines) is 1. The number of carbonyl (C=O) groups is 3. The van der Waals surface area contributed by atoms with Crippen molar-refractivity contribution in [3.8, 4) is 0 Å². The van der Waals surface area contributed by atoms with Crippen molar-refractivity contribution < 1.29 is 148 Å². The molecular formula is C34H38K2N3O9S2+. The summed E-state index contributed by atoms with van der Waals surface area (Å²) >= 11 is 0. The van der Waals surface area contributed by atoms with E-state index >= 15 is 0 Å². The van der Waals surface area contributed by atoms with Crippen LogP contribution in [-0.2, 0) is 45.4 Å². The number of amides is 3. The summed E-state index contributed by atoms with van der Waals surface area (Å²) in [6.07, 6.45) is 7.64. The second kappa shape index (κ2) is 16.3. The minimum atomic E-state index is -4.76. The van der Waals surface area contributed by atoms with Crippen LogP contribution >= 0.6 is 0 Å². The molecule has 0 aromatic heterocycles. The fraction of sp³-hybridized carbons (Fsp3) is 0.412. The van der Waals surface area contributed by atoms with Crippen molar-refractivity contribution in [1.82, 2.24) is 4.90 Å². The molecule has 3 amide bonds. The second-order valence-corrected chi connectivity index (χ2v) is 16.1. The SMILES string of the molecule is C[N+]1=C(C=CC=C2N(C(=O)CCCCCN3C(=O)CCC3=O)c3ccc(S(=O)(=O)[O-])cc3C2(C)C)C(C)(C)c2cc(S(=O)(=O)[O-])ccc21.[K+].[K+]. The molecular weight excluding hydrogens is 737 g/mol. The molecule has 3 heterocycles. The van der Waals surface area contributed by atoms with Gasteiger partial charge in [0, 0.05) is 54.6 Å². The van der Waals surface area contributed by atoms with E-state index in [4.69, 9.17) is 0 Å². The predicted molar refractivity (Wildman–Crippen MR) is 175 cm³/mol. The van der Waals surface area contributed by atoms with Crippen LogP contribution in [0.1, 0.15) is 77.3 Å². The number of unbranched alkanes of at least 4 members (excludes halogenated alkanes) is 2. The molecule has 2 aromatic rings. The van der Waals surface area contributed by atoms with Gasteiger partial charge in [0.05, 0.1) is 20.9 Å². The molecule has 0 saturated carbocycles. The molecule has 0 N–H and O–H groups in total. The number of hydrogen-bond donors (Lipinski definition) is 0. The predicted octanol–water partition coefficient (Wildman–Crippen LogP) is -2.02. The summed E-state index contributed by atoms with van der Waals surface area (Å²) in [5, 5.41) is 0. The Hall–Kier alpha value is -0.707. The first-order chi connectivity index (χ1) is 22.3. The van der Waals surface area contributed by atoms with Crippen molar-refractivity contribution in [2.45, 2.75) is 86.8 Å². The number of benzene rings is 2. The quantitative estimate of drug-likeness (QED) is 0.0869. The number of nitrogens with zero attached hydrogens (tertiary/aromatic N) is 3. The van der Waals surface area contributed by atoms with Crippen molar-refractivity contribution in [1.29, 1.82) is 0 Å². The van der Waals surface area contributed by atoms with Gasteiger partial charge in [-0.3, -0.25) is 24.2 Å². The standard InChI is InChI=1S/C34H39N3O9S2.2K/c1-33(2)24-20-22(47(41,42)43)13-15-26(24)35(5)28(33)10-9-11-29-34(3,4)25-21-23(48(44,45)46)14-16-27(25)37(29)32(40)12-7-6-8-19-36-30(38)17-18-31(36)39;;/h9-11,13-16,20-21H,6-8,12,17-19H2,1-5H3,(H-,41,42,43,44,45,46);;/q;2*+1/p-1. The minimum absolute atomic E-state index is 0. The third kappa shape index (κ3) is 8.64. The molecule has 1 saturated heterocycles. The Labute approximate surface area is 378 Å². The van der Waals surface area contributed by atoms with E-state index in [1.54, 1.807) is 23.1 Å². The fourth-order valence-electron chi connectivity index (χ4n) is 6.87. The van der Waals surface area contributed by atoms with Crippen molar-refractivity contribution >= 4 is 55.0 Å². The van der Waals surface area contributed by atoms with E-state index in [1.165, 1.54) is 35.2 Å². The zero-order chi connectivity index (χ0) is 35.4. The molecule has 2 aromatic carbocycles. The third-order valence-corrected chi connectivity index (χ3v) is 11.2. The molecule has 1 fully saturated rings. The summed E-state index contributed by atoms with van der Waals surface area (Å²) in [6, 6.07) is 8.25. The smallest absolute Gasteiger partial charge is 0.744 e. The maximum Gasteiger partial charge on any atom is 1.00 e. The van der Waals surface area contributed by atoms with Gasteiger partial charge in [-0.05, 0) is 68.7 Å². The van der Waals surface area contributed by atoms with Crippen LogP contribution in [0.4, 0.5) is 11.4 Å². The van der Waals surface area contributed by atoms with Gasteiger partial charge < -0.3 is 9.11 Å². The molecule has 3 aliphatic heterocycles. The average Bonchev–Trinajstić information content (AvgIpc) is 3.51. The number of rotatable bonds is 10. The van der Waals surface area contributed by atoms with E-state index in [0.717, 1.165) is 11.4 Å². The molecule has 0 radical (unpaired) electrons. The molecule has 12 nitrogen and oxygen atoms in total. The molecule has 0 bridgehead atoms. The minimum Gasteiger partial charge on any atom is -0.744 e. The van der Waals surface area contributed by atoms with Crippen LogP contribution in [0, 0.1) is 0 Å². The normalized spacial score (nSPS) is 18.8. The van der Waals surface area contributed by atoms with Crippen molar-refractivity contribution in [3.63, 3.8) is 0 Å². The zero-order valence-corrected chi connectivity index (χ0v) is 37.4. The molecule has 0 atom stereocenters. The number of allylic oxidation sites excluding steroid dienone is 4. The van der Waals surface area contributed by atoms with Gasteiger partial charge in [0.1, 0.15) is 27.3 Å². The van der Waals surface area contributed by atoms with E-state index in [9.17, 15) is 40.3 Å². The molecule has 16 heteroatoms. The van der Waals surface area contributed by atoms with Gasteiger partial charge in [0.15, 0.2) is 5.71 Å². The van der Waals surface area contributed by atoms with Crippen LogP contribution in [0.5, 0.6) is 0 Å². The summed E-state index contributed by atoms with van der Waals surface area (Å²) < 4.78 is 72.7. The summed E-state index contributed by atoms with van der Waals surface area (Å²) in [5.74, 6) is -0.593. The maximum atomic E-state index is 13.8. The van der Waals surface area contributed by atoms with Crippen LogP contribution in [0.2, 0.25) is 0 Å². The van der Waals surface area contributed by atoms with Crippen LogP contribution < -0.4 is 108 Å². The first-order valence-electron chi connectivity index (χ1n) is 15.6. The molecule has 50 heavy (non-hydrogen) atoms. The van der Waals surface area contributed by atoms with Crippen LogP contribution in [0.15, 0.2) is 70.1 Å². The maximum absolute atomic E-state index is 13.8. The molecule has 256 valence electrons. The Morgan fingerprint density at radius 2 is 1.40 bits per heavy atom. The summed E-state index contributed by atoms with van der Waals surface area (Å²) in [6.45, 7) is 7.81. The molecule has 3 aliphatic rings. The molecule has 0 unspecified atom stereocenters. The van der Waals surface area contributed by atoms with Crippen LogP contribution in [0.3, 0.4) is 0 Å².